The molecule has 3 rings (SSSR count). The van der Waals surface area contributed by atoms with Gasteiger partial charge in [-0.2, -0.15) is 4.31 Å². The number of rotatable bonds is 7. The molecule has 0 aromatic heterocycles. The molecule has 1 aliphatic rings. The van der Waals surface area contributed by atoms with Crippen LogP contribution in [0.1, 0.15) is 18.5 Å². The Bertz CT molecular complexity index is 770. The lowest BCUT2D eigenvalue weighted by atomic mass is 10.1. The number of benzene rings is 2. The maximum absolute atomic E-state index is 13.1. The van der Waals surface area contributed by atoms with Gasteiger partial charge in [0.05, 0.1) is 24.7 Å². The topological polar surface area (TPSA) is 59.1 Å². The normalized spacial score (nSPS) is 18.4. The monoisotopic (exact) mass is 347 g/mol. The molecule has 0 aliphatic carbocycles. The number of hydrogen-bond acceptors (Lipinski definition) is 4. The molecule has 0 bridgehead atoms. The van der Waals surface area contributed by atoms with Crippen molar-refractivity contribution in [2.24, 2.45) is 0 Å². The minimum atomic E-state index is -3.63. The number of methoxy groups -OCH3 is 1. The molecule has 24 heavy (non-hydrogen) atoms. The quantitative estimate of drug-likeness (QED) is 0.723. The van der Waals surface area contributed by atoms with E-state index in [0.29, 0.717) is 18.9 Å². The molecular weight excluding hydrogens is 326 g/mol. The van der Waals surface area contributed by atoms with Crippen molar-refractivity contribution in [2.45, 2.75) is 24.0 Å². The zero-order chi connectivity index (χ0) is 17.2. The molecule has 1 heterocycles. The number of nitrogens with zero attached hydrogens (tertiary/aromatic N) is 1. The molecule has 0 N–H and O–H groups in total. The highest BCUT2D eigenvalue weighted by atomic mass is 32.2. The van der Waals surface area contributed by atoms with E-state index in [2.05, 4.69) is 0 Å². The van der Waals surface area contributed by atoms with Gasteiger partial charge in [-0.15, -0.1) is 0 Å². The Morgan fingerprint density at radius 3 is 2.33 bits per heavy atom. The van der Waals surface area contributed by atoms with Crippen LogP contribution in [0.3, 0.4) is 0 Å². The van der Waals surface area contributed by atoms with Crippen molar-refractivity contribution in [3.8, 4) is 5.75 Å². The molecule has 1 fully saturated rings. The Morgan fingerprint density at radius 1 is 1.17 bits per heavy atom. The number of ether oxygens (including phenoxy) is 2. The first-order chi connectivity index (χ1) is 11.5. The third-order valence-corrected chi connectivity index (χ3v) is 6.12. The van der Waals surface area contributed by atoms with E-state index < -0.39 is 10.0 Å². The van der Waals surface area contributed by atoms with Crippen LogP contribution < -0.4 is 4.74 Å². The van der Waals surface area contributed by atoms with Crippen LogP contribution in [0.5, 0.6) is 5.75 Å². The third-order valence-electron chi connectivity index (χ3n) is 4.17. The minimum Gasteiger partial charge on any atom is -0.497 e. The second-order valence-corrected chi connectivity index (χ2v) is 7.68. The Labute approximate surface area is 142 Å². The minimum absolute atomic E-state index is 0.0239. The molecule has 0 amide bonds. The standard InChI is InChI=1S/C18H21NO4S/c1-14(15-6-4-3-5-7-15)19(12-17-13-23-17)24(20,21)18-10-8-16(22-2)9-11-18/h3-11,14,17H,12-13H2,1-2H3. The van der Waals surface area contributed by atoms with Gasteiger partial charge in [0.1, 0.15) is 5.75 Å². The van der Waals surface area contributed by atoms with Crippen LogP contribution in [0, 0.1) is 0 Å². The summed E-state index contributed by atoms with van der Waals surface area (Å²) < 4.78 is 38.2. The van der Waals surface area contributed by atoms with Gasteiger partial charge >= 0.3 is 0 Å². The van der Waals surface area contributed by atoms with Crippen molar-refractivity contribution >= 4 is 10.0 Å². The number of hydrogen-bond donors (Lipinski definition) is 0. The van der Waals surface area contributed by atoms with E-state index in [0.717, 1.165) is 5.56 Å². The summed E-state index contributed by atoms with van der Waals surface area (Å²) in [6.07, 6.45) is -0.0239. The summed E-state index contributed by atoms with van der Waals surface area (Å²) >= 11 is 0. The lowest BCUT2D eigenvalue weighted by Gasteiger charge is -2.28. The van der Waals surface area contributed by atoms with E-state index in [9.17, 15) is 8.42 Å². The van der Waals surface area contributed by atoms with Gasteiger partial charge in [0.2, 0.25) is 10.0 Å². The lowest BCUT2D eigenvalue weighted by Crippen LogP contribution is -2.36. The second-order valence-electron chi connectivity index (χ2n) is 5.79. The van der Waals surface area contributed by atoms with Gasteiger partial charge in [0, 0.05) is 12.6 Å². The fourth-order valence-electron chi connectivity index (χ4n) is 2.62. The molecule has 0 spiro atoms. The van der Waals surface area contributed by atoms with Crippen LogP contribution in [-0.2, 0) is 14.8 Å². The van der Waals surface area contributed by atoms with Crippen molar-refractivity contribution < 1.29 is 17.9 Å². The summed E-state index contributed by atoms with van der Waals surface area (Å²) in [5.74, 6) is 0.627. The Balaban J connectivity index is 1.94. The largest absolute Gasteiger partial charge is 0.497 e. The highest BCUT2D eigenvalue weighted by Gasteiger charge is 2.36. The fraction of sp³-hybridized carbons (Fsp3) is 0.333. The molecule has 0 radical (unpaired) electrons. The Hall–Kier alpha value is -1.89. The van der Waals surface area contributed by atoms with Crippen LogP contribution in [0.25, 0.3) is 0 Å². The van der Waals surface area contributed by atoms with Crippen molar-refractivity contribution in [3.05, 3.63) is 60.2 Å². The highest BCUT2D eigenvalue weighted by Crippen LogP contribution is 2.30. The maximum atomic E-state index is 13.1. The van der Waals surface area contributed by atoms with Crippen molar-refractivity contribution in [2.75, 3.05) is 20.3 Å². The summed E-state index contributed by atoms with van der Waals surface area (Å²) in [5, 5.41) is 0. The van der Waals surface area contributed by atoms with E-state index in [1.54, 1.807) is 31.4 Å². The summed E-state index contributed by atoms with van der Waals surface area (Å²) in [6.45, 7) is 2.86. The zero-order valence-electron chi connectivity index (χ0n) is 13.8. The SMILES string of the molecule is COc1ccc(S(=O)(=O)N(CC2CO2)C(C)c2ccccc2)cc1. The third kappa shape index (κ3) is 3.61. The first-order valence-electron chi connectivity index (χ1n) is 7.85. The number of sulfonamides is 1. The van der Waals surface area contributed by atoms with E-state index in [1.807, 2.05) is 37.3 Å². The predicted octanol–water partition coefficient (Wildman–Crippen LogP) is 2.85. The lowest BCUT2D eigenvalue weighted by molar-refractivity contribution is 0.295. The summed E-state index contributed by atoms with van der Waals surface area (Å²) in [5.41, 5.74) is 0.954. The second kappa shape index (κ2) is 6.93. The molecular formula is C18H21NO4S. The van der Waals surface area contributed by atoms with E-state index >= 15 is 0 Å². The molecule has 1 aliphatic heterocycles. The fourth-order valence-corrected chi connectivity index (χ4v) is 4.27. The smallest absolute Gasteiger partial charge is 0.243 e. The van der Waals surface area contributed by atoms with Gasteiger partial charge in [-0.25, -0.2) is 8.42 Å². The van der Waals surface area contributed by atoms with Gasteiger partial charge in [-0.3, -0.25) is 0 Å². The summed E-state index contributed by atoms with van der Waals surface area (Å²) in [7, 11) is -2.08. The van der Waals surface area contributed by atoms with Gasteiger partial charge in [0.15, 0.2) is 0 Å². The van der Waals surface area contributed by atoms with E-state index in [4.69, 9.17) is 9.47 Å². The first-order valence-corrected chi connectivity index (χ1v) is 9.29. The van der Waals surface area contributed by atoms with Gasteiger partial charge in [-0.1, -0.05) is 30.3 Å². The summed E-state index contributed by atoms with van der Waals surface area (Å²) in [6, 6.07) is 15.8. The molecule has 2 aromatic rings. The average Bonchev–Trinajstić information content (AvgIpc) is 3.44. The predicted molar refractivity (Wildman–Crippen MR) is 91.5 cm³/mol. The maximum Gasteiger partial charge on any atom is 0.243 e. The van der Waals surface area contributed by atoms with Crippen LogP contribution in [0.15, 0.2) is 59.5 Å². The van der Waals surface area contributed by atoms with Crippen LogP contribution >= 0.6 is 0 Å². The first kappa shape index (κ1) is 17.0. The van der Waals surface area contributed by atoms with Crippen molar-refractivity contribution in [1.29, 1.82) is 0 Å². The summed E-state index contributed by atoms with van der Waals surface area (Å²) in [4.78, 5) is 0.256. The molecule has 2 unspecified atom stereocenters. The van der Waals surface area contributed by atoms with Gasteiger partial charge in [0.25, 0.3) is 0 Å². The van der Waals surface area contributed by atoms with Gasteiger partial charge in [-0.05, 0) is 36.8 Å². The van der Waals surface area contributed by atoms with Crippen molar-refractivity contribution in [1.82, 2.24) is 4.31 Å². The van der Waals surface area contributed by atoms with Crippen LogP contribution in [-0.4, -0.2) is 39.1 Å². The molecule has 6 heteroatoms. The van der Waals surface area contributed by atoms with Crippen LogP contribution in [0.2, 0.25) is 0 Å². The van der Waals surface area contributed by atoms with E-state index in [1.165, 1.54) is 4.31 Å². The number of epoxide rings is 1. The molecule has 2 aromatic carbocycles. The zero-order valence-corrected chi connectivity index (χ0v) is 14.6. The Kier molecular flexibility index (Phi) is 4.89. The molecule has 0 saturated carbocycles. The average molecular weight is 347 g/mol. The van der Waals surface area contributed by atoms with Gasteiger partial charge < -0.3 is 9.47 Å². The van der Waals surface area contributed by atoms with E-state index in [-0.39, 0.29) is 17.0 Å². The highest BCUT2D eigenvalue weighted by molar-refractivity contribution is 7.89. The van der Waals surface area contributed by atoms with Crippen LogP contribution in [0.4, 0.5) is 0 Å². The Morgan fingerprint density at radius 2 is 1.79 bits per heavy atom. The molecule has 128 valence electrons. The molecule has 2 atom stereocenters. The molecule has 5 nitrogen and oxygen atoms in total. The molecule has 1 saturated heterocycles. The van der Waals surface area contributed by atoms with Crippen molar-refractivity contribution in [3.63, 3.8) is 0 Å².